The van der Waals surface area contributed by atoms with E-state index in [9.17, 15) is 5.26 Å². The largest absolute Gasteiger partial charge is 0.369 e. The predicted octanol–water partition coefficient (Wildman–Crippen LogP) is 4.82. The van der Waals surface area contributed by atoms with Crippen molar-refractivity contribution >= 4 is 28.7 Å². The molecule has 0 bridgehead atoms. The molecule has 1 fully saturated rings. The van der Waals surface area contributed by atoms with Crippen molar-refractivity contribution in [2.75, 3.05) is 49.6 Å². The first kappa shape index (κ1) is 19.5. The van der Waals surface area contributed by atoms with Crippen LogP contribution in [0.3, 0.4) is 0 Å². The fourth-order valence-corrected chi connectivity index (χ4v) is 3.86. The molecule has 1 heterocycles. The Balaban J connectivity index is 2.06. The van der Waals surface area contributed by atoms with Crippen molar-refractivity contribution in [1.29, 1.82) is 5.26 Å². The summed E-state index contributed by atoms with van der Waals surface area (Å²) in [5, 5.41) is 10.5. The van der Waals surface area contributed by atoms with E-state index in [0.717, 1.165) is 55.5 Å². The van der Waals surface area contributed by atoms with E-state index in [0.29, 0.717) is 5.56 Å². The number of likely N-dealkylation sites (N-methyl/N-ethyl adjacent to an activating group) is 1. The quantitative estimate of drug-likeness (QED) is 0.742. The van der Waals surface area contributed by atoms with Gasteiger partial charge < -0.3 is 14.7 Å². The number of benzene rings is 2. The van der Waals surface area contributed by atoms with Crippen LogP contribution < -0.4 is 9.80 Å². The van der Waals surface area contributed by atoms with E-state index < -0.39 is 0 Å². The summed E-state index contributed by atoms with van der Waals surface area (Å²) in [7, 11) is 2.16. The van der Waals surface area contributed by atoms with Crippen LogP contribution in [0.15, 0.2) is 36.4 Å². The van der Waals surface area contributed by atoms with Gasteiger partial charge in [-0.3, -0.25) is 0 Å². The molecule has 0 radical (unpaired) electrons. The van der Waals surface area contributed by atoms with Gasteiger partial charge in [0.2, 0.25) is 0 Å². The molecule has 4 nitrogen and oxygen atoms in total. The number of nitriles is 1. The summed E-state index contributed by atoms with van der Waals surface area (Å²) < 4.78 is 0. The minimum Gasteiger partial charge on any atom is -0.369 e. The first-order valence-electron chi connectivity index (χ1n) is 9.55. The third-order valence-electron chi connectivity index (χ3n) is 5.22. The zero-order valence-electron chi connectivity index (χ0n) is 16.4. The third-order valence-corrected chi connectivity index (χ3v) is 5.47. The van der Waals surface area contributed by atoms with Crippen LogP contribution in [0.25, 0.3) is 0 Å². The molecule has 0 saturated carbocycles. The Kier molecular flexibility index (Phi) is 6.26. The summed E-state index contributed by atoms with van der Waals surface area (Å²) >= 11 is 6.09. The van der Waals surface area contributed by atoms with Gasteiger partial charge in [-0.25, -0.2) is 0 Å². The van der Waals surface area contributed by atoms with Gasteiger partial charge in [-0.1, -0.05) is 18.5 Å². The molecule has 0 atom stereocenters. The Morgan fingerprint density at radius 2 is 1.74 bits per heavy atom. The van der Waals surface area contributed by atoms with Crippen molar-refractivity contribution in [3.63, 3.8) is 0 Å². The van der Waals surface area contributed by atoms with Gasteiger partial charge >= 0.3 is 0 Å². The van der Waals surface area contributed by atoms with Gasteiger partial charge in [0.1, 0.15) is 6.07 Å². The molecule has 0 aliphatic carbocycles. The first-order chi connectivity index (χ1) is 13.0. The standard InChI is InChI=1S/C22H27ClN4/c1-4-11-27(20-8-6-19(23)7-9-20)22-17(2)21(10-5-18(22)16-24)26-14-12-25(3)13-15-26/h5-10H,4,11-15H2,1-3H3. The molecule has 0 aromatic heterocycles. The fraction of sp³-hybridized carbons (Fsp3) is 0.409. The minimum absolute atomic E-state index is 0.716. The number of nitrogens with zero attached hydrogens (tertiary/aromatic N) is 4. The first-order valence-corrected chi connectivity index (χ1v) is 9.93. The molecule has 1 aliphatic rings. The molecule has 27 heavy (non-hydrogen) atoms. The lowest BCUT2D eigenvalue weighted by atomic mass is 10.0. The topological polar surface area (TPSA) is 33.5 Å². The van der Waals surface area contributed by atoms with Crippen LogP contribution in [0.2, 0.25) is 5.02 Å². The number of hydrogen-bond donors (Lipinski definition) is 0. The van der Waals surface area contributed by atoms with Crippen LogP contribution in [0.5, 0.6) is 0 Å². The highest BCUT2D eigenvalue weighted by atomic mass is 35.5. The maximum absolute atomic E-state index is 9.77. The van der Waals surface area contributed by atoms with E-state index in [2.05, 4.69) is 47.7 Å². The van der Waals surface area contributed by atoms with E-state index in [-0.39, 0.29) is 0 Å². The van der Waals surface area contributed by atoms with Crippen LogP contribution in [-0.4, -0.2) is 44.7 Å². The Morgan fingerprint density at radius 1 is 1.07 bits per heavy atom. The molecule has 0 amide bonds. The smallest absolute Gasteiger partial charge is 0.101 e. The highest BCUT2D eigenvalue weighted by Crippen LogP contribution is 2.37. The normalized spacial score (nSPS) is 14.9. The van der Waals surface area contributed by atoms with E-state index in [1.54, 1.807) is 0 Å². The molecular weight excluding hydrogens is 356 g/mol. The number of hydrogen-bond acceptors (Lipinski definition) is 4. The summed E-state index contributed by atoms with van der Waals surface area (Å²) in [5.74, 6) is 0. The van der Waals surface area contributed by atoms with Gasteiger partial charge in [0, 0.05) is 49.1 Å². The molecule has 2 aromatic rings. The maximum Gasteiger partial charge on any atom is 0.101 e. The van der Waals surface area contributed by atoms with Crippen LogP contribution in [0, 0.1) is 18.3 Å². The van der Waals surface area contributed by atoms with Crippen molar-refractivity contribution in [1.82, 2.24) is 4.90 Å². The highest BCUT2D eigenvalue weighted by molar-refractivity contribution is 6.30. The second-order valence-electron chi connectivity index (χ2n) is 7.14. The summed E-state index contributed by atoms with van der Waals surface area (Å²) in [6.07, 6.45) is 0.992. The molecular formula is C22H27ClN4. The van der Waals surface area contributed by atoms with Crippen molar-refractivity contribution in [3.05, 3.63) is 52.5 Å². The summed E-state index contributed by atoms with van der Waals surface area (Å²) in [5.41, 5.74) is 5.19. The molecule has 3 rings (SSSR count). The van der Waals surface area contributed by atoms with Gasteiger partial charge in [-0.2, -0.15) is 5.26 Å². The molecule has 1 saturated heterocycles. The van der Waals surface area contributed by atoms with Crippen molar-refractivity contribution in [2.24, 2.45) is 0 Å². The van der Waals surface area contributed by atoms with E-state index in [1.165, 1.54) is 11.3 Å². The number of rotatable bonds is 5. The van der Waals surface area contributed by atoms with Crippen molar-refractivity contribution in [2.45, 2.75) is 20.3 Å². The zero-order chi connectivity index (χ0) is 19.4. The Morgan fingerprint density at radius 3 is 2.33 bits per heavy atom. The van der Waals surface area contributed by atoms with E-state index in [1.807, 2.05) is 30.3 Å². The Labute approximate surface area is 167 Å². The van der Waals surface area contributed by atoms with Gasteiger partial charge in [0.15, 0.2) is 0 Å². The number of halogens is 1. The molecule has 1 aliphatic heterocycles. The number of piperazine rings is 1. The van der Waals surface area contributed by atoms with E-state index in [4.69, 9.17) is 11.6 Å². The van der Waals surface area contributed by atoms with Crippen LogP contribution >= 0.6 is 11.6 Å². The molecule has 142 valence electrons. The van der Waals surface area contributed by atoms with Gasteiger partial charge in [-0.05, 0) is 62.4 Å². The fourth-order valence-electron chi connectivity index (χ4n) is 3.73. The third kappa shape index (κ3) is 4.21. The lowest BCUT2D eigenvalue weighted by molar-refractivity contribution is 0.312. The second kappa shape index (κ2) is 8.65. The maximum atomic E-state index is 9.77. The second-order valence-corrected chi connectivity index (χ2v) is 7.57. The molecule has 0 unspecified atom stereocenters. The SMILES string of the molecule is CCCN(c1ccc(Cl)cc1)c1c(C#N)ccc(N2CCN(C)CC2)c1C. The summed E-state index contributed by atoms with van der Waals surface area (Å²) in [6.45, 7) is 9.30. The van der Waals surface area contributed by atoms with Crippen molar-refractivity contribution < 1.29 is 0 Å². The van der Waals surface area contributed by atoms with Crippen molar-refractivity contribution in [3.8, 4) is 6.07 Å². The van der Waals surface area contributed by atoms with Gasteiger partial charge in [-0.15, -0.1) is 0 Å². The Hall–Kier alpha value is -2.22. The molecule has 2 aromatic carbocycles. The average Bonchev–Trinajstić information content (AvgIpc) is 2.68. The van der Waals surface area contributed by atoms with Crippen LogP contribution in [0.1, 0.15) is 24.5 Å². The van der Waals surface area contributed by atoms with Gasteiger partial charge in [0.25, 0.3) is 0 Å². The predicted molar refractivity (Wildman–Crippen MR) is 114 cm³/mol. The number of anilines is 3. The summed E-state index contributed by atoms with van der Waals surface area (Å²) in [4.78, 5) is 7.04. The minimum atomic E-state index is 0.716. The monoisotopic (exact) mass is 382 g/mol. The average molecular weight is 383 g/mol. The zero-order valence-corrected chi connectivity index (χ0v) is 17.1. The molecule has 0 N–H and O–H groups in total. The summed E-state index contributed by atoms with van der Waals surface area (Å²) in [6, 6.07) is 14.3. The molecule has 0 spiro atoms. The highest BCUT2D eigenvalue weighted by Gasteiger charge is 2.22. The Bertz CT molecular complexity index is 817. The lowest BCUT2D eigenvalue weighted by Gasteiger charge is -2.36. The van der Waals surface area contributed by atoms with Gasteiger partial charge in [0.05, 0.1) is 11.3 Å². The molecule has 5 heteroatoms. The van der Waals surface area contributed by atoms with Crippen LogP contribution in [0.4, 0.5) is 17.1 Å². The van der Waals surface area contributed by atoms with E-state index >= 15 is 0 Å². The van der Waals surface area contributed by atoms with Crippen LogP contribution in [-0.2, 0) is 0 Å². The lowest BCUT2D eigenvalue weighted by Crippen LogP contribution is -2.44.